The zero-order chi connectivity index (χ0) is 15.5. The van der Waals surface area contributed by atoms with Crippen molar-refractivity contribution in [2.24, 2.45) is 0 Å². The SMILES string of the molecule is O=C(Nc1c[nH]n(-c2cccc(Br)c2)c1=O)c1ccccc1. The minimum absolute atomic E-state index is 0.203. The summed E-state index contributed by atoms with van der Waals surface area (Å²) in [5.41, 5.74) is 1.06. The van der Waals surface area contributed by atoms with Crippen molar-refractivity contribution < 1.29 is 4.79 Å². The molecule has 0 spiro atoms. The van der Waals surface area contributed by atoms with Gasteiger partial charge in [-0.05, 0) is 30.3 Å². The normalized spacial score (nSPS) is 10.4. The van der Waals surface area contributed by atoms with Crippen LogP contribution in [0.25, 0.3) is 5.69 Å². The molecule has 0 saturated carbocycles. The molecule has 1 heterocycles. The van der Waals surface area contributed by atoms with Gasteiger partial charge in [-0.1, -0.05) is 40.2 Å². The first kappa shape index (κ1) is 14.3. The van der Waals surface area contributed by atoms with Crippen molar-refractivity contribution in [3.63, 3.8) is 0 Å². The Hall–Kier alpha value is -2.60. The number of benzene rings is 2. The number of aromatic amines is 1. The monoisotopic (exact) mass is 357 g/mol. The van der Waals surface area contributed by atoms with Crippen LogP contribution in [0.5, 0.6) is 0 Å². The number of nitrogens with one attached hydrogen (secondary N) is 2. The summed E-state index contributed by atoms with van der Waals surface area (Å²) in [5, 5.41) is 5.46. The van der Waals surface area contributed by atoms with E-state index in [0.717, 1.165) is 4.47 Å². The van der Waals surface area contributed by atoms with Crippen molar-refractivity contribution >= 4 is 27.5 Å². The largest absolute Gasteiger partial charge is 0.316 e. The van der Waals surface area contributed by atoms with Crippen LogP contribution in [0.15, 0.2) is 70.1 Å². The van der Waals surface area contributed by atoms with Gasteiger partial charge in [-0.2, -0.15) is 0 Å². The van der Waals surface area contributed by atoms with Crippen molar-refractivity contribution in [2.75, 3.05) is 5.32 Å². The van der Waals surface area contributed by atoms with Gasteiger partial charge in [0.25, 0.3) is 11.5 Å². The molecule has 0 fully saturated rings. The molecule has 3 aromatic rings. The fraction of sp³-hybridized carbons (Fsp3) is 0. The molecule has 1 aromatic heterocycles. The van der Waals surface area contributed by atoms with Crippen LogP contribution in [0.3, 0.4) is 0 Å². The molecular weight excluding hydrogens is 346 g/mol. The smallest absolute Gasteiger partial charge is 0.294 e. The lowest BCUT2D eigenvalue weighted by Crippen LogP contribution is -2.21. The van der Waals surface area contributed by atoms with E-state index in [1.807, 2.05) is 18.2 Å². The molecule has 110 valence electrons. The second-order valence-corrected chi connectivity index (χ2v) is 5.54. The number of nitrogens with zero attached hydrogens (tertiary/aromatic N) is 1. The molecular formula is C16H12BrN3O2. The zero-order valence-corrected chi connectivity index (χ0v) is 13.0. The Balaban J connectivity index is 1.88. The van der Waals surface area contributed by atoms with Gasteiger partial charge >= 0.3 is 0 Å². The van der Waals surface area contributed by atoms with Gasteiger partial charge in [-0.25, -0.2) is 4.68 Å². The molecule has 3 rings (SSSR count). The van der Waals surface area contributed by atoms with Crippen LogP contribution in [0.2, 0.25) is 0 Å². The standard InChI is InChI=1S/C16H12BrN3O2/c17-12-7-4-8-13(9-12)20-16(22)14(10-18-20)19-15(21)11-5-2-1-3-6-11/h1-10,18H,(H,19,21). The maximum Gasteiger partial charge on any atom is 0.294 e. The number of hydrogen-bond donors (Lipinski definition) is 2. The van der Waals surface area contributed by atoms with Gasteiger partial charge in [-0.3, -0.25) is 14.7 Å². The van der Waals surface area contributed by atoms with Gasteiger partial charge in [0.15, 0.2) is 0 Å². The number of carbonyl (C=O) groups is 1. The molecule has 0 aliphatic carbocycles. The maximum absolute atomic E-state index is 12.3. The van der Waals surface area contributed by atoms with E-state index in [9.17, 15) is 9.59 Å². The number of anilines is 1. The summed E-state index contributed by atoms with van der Waals surface area (Å²) in [4.78, 5) is 24.4. The molecule has 6 heteroatoms. The minimum Gasteiger partial charge on any atom is -0.316 e. The summed E-state index contributed by atoms with van der Waals surface area (Å²) >= 11 is 3.36. The van der Waals surface area contributed by atoms with Gasteiger partial charge in [0.05, 0.1) is 5.69 Å². The van der Waals surface area contributed by atoms with Crippen LogP contribution in [0.1, 0.15) is 10.4 Å². The molecule has 0 atom stereocenters. The van der Waals surface area contributed by atoms with Crippen molar-refractivity contribution in [3.05, 3.63) is 81.2 Å². The Morgan fingerprint density at radius 2 is 1.86 bits per heavy atom. The Morgan fingerprint density at radius 3 is 2.59 bits per heavy atom. The van der Waals surface area contributed by atoms with Crippen LogP contribution in [0, 0.1) is 0 Å². The highest BCUT2D eigenvalue weighted by Gasteiger charge is 2.12. The molecule has 2 aromatic carbocycles. The van der Waals surface area contributed by atoms with Gasteiger partial charge < -0.3 is 5.32 Å². The molecule has 0 saturated heterocycles. The van der Waals surface area contributed by atoms with Crippen molar-refractivity contribution in [1.29, 1.82) is 0 Å². The summed E-state index contributed by atoms with van der Waals surface area (Å²) < 4.78 is 2.23. The number of amides is 1. The van der Waals surface area contributed by atoms with E-state index in [-0.39, 0.29) is 17.2 Å². The molecule has 0 unspecified atom stereocenters. The predicted octanol–water partition coefficient (Wildman–Crippen LogP) is 3.18. The maximum atomic E-state index is 12.3. The molecule has 0 radical (unpaired) electrons. The Kier molecular flexibility index (Phi) is 3.93. The Labute approximate surface area is 134 Å². The molecule has 1 amide bonds. The number of aromatic nitrogens is 2. The summed E-state index contributed by atoms with van der Waals surface area (Å²) in [6.45, 7) is 0. The number of hydrogen-bond acceptors (Lipinski definition) is 2. The minimum atomic E-state index is -0.321. The lowest BCUT2D eigenvalue weighted by atomic mass is 10.2. The number of halogens is 1. The quantitative estimate of drug-likeness (QED) is 0.755. The second kappa shape index (κ2) is 6.03. The van der Waals surface area contributed by atoms with E-state index in [2.05, 4.69) is 26.3 Å². The fourth-order valence-electron chi connectivity index (χ4n) is 2.05. The predicted molar refractivity (Wildman–Crippen MR) is 88.5 cm³/mol. The summed E-state index contributed by atoms with van der Waals surface area (Å²) in [5.74, 6) is -0.321. The van der Waals surface area contributed by atoms with Crippen molar-refractivity contribution in [2.45, 2.75) is 0 Å². The summed E-state index contributed by atoms with van der Waals surface area (Å²) in [6, 6.07) is 16.0. The molecule has 0 bridgehead atoms. The van der Waals surface area contributed by atoms with Crippen molar-refractivity contribution in [1.82, 2.24) is 9.78 Å². The first-order chi connectivity index (χ1) is 10.6. The Bertz CT molecular complexity index is 868. The highest BCUT2D eigenvalue weighted by Crippen LogP contribution is 2.14. The molecule has 0 aliphatic heterocycles. The highest BCUT2D eigenvalue weighted by molar-refractivity contribution is 9.10. The molecule has 22 heavy (non-hydrogen) atoms. The van der Waals surface area contributed by atoms with E-state index in [1.54, 1.807) is 36.4 Å². The van der Waals surface area contributed by atoms with E-state index in [4.69, 9.17) is 0 Å². The number of rotatable bonds is 3. The third-order valence-electron chi connectivity index (χ3n) is 3.12. The van der Waals surface area contributed by atoms with Crippen LogP contribution in [-0.2, 0) is 0 Å². The van der Waals surface area contributed by atoms with Crippen LogP contribution in [-0.4, -0.2) is 15.7 Å². The average Bonchev–Trinajstić information content (AvgIpc) is 2.89. The van der Waals surface area contributed by atoms with E-state index >= 15 is 0 Å². The molecule has 2 N–H and O–H groups in total. The zero-order valence-electron chi connectivity index (χ0n) is 11.4. The fourth-order valence-corrected chi connectivity index (χ4v) is 2.44. The Morgan fingerprint density at radius 1 is 1.09 bits per heavy atom. The third kappa shape index (κ3) is 2.87. The molecule has 5 nitrogen and oxygen atoms in total. The first-order valence-corrected chi connectivity index (χ1v) is 7.37. The topological polar surface area (TPSA) is 66.9 Å². The average molecular weight is 358 g/mol. The summed E-state index contributed by atoms with van der Waals surface area (Å²) in [7, 11) is 0. The van der Waals surface area contributed by atoms with Crippen LogP contribution < -0.4 is 10.9 Å². The van der Waals surface area contributed by atoms with Crippen LogP contribution >= 0.6 is 15.9 Å². The van der Waals surface area contributed by atoms with E-state index in [1.165, 1.54) is 10.9 Å². The lowest BCUT2D eigenvalue weighted by molar-refractivity contribution is 0.102. The van der Waals surface area contributed by atoms with Gasteiger partial charge in [-0.15, -0.1) is 0 Å². The van der Waals surface area contributed by atoms with Gasteiger partial charge in [0.1, 0.15) is 5.69 Å². The number of carbonyl (C=O) groups excluding carboxylic acids is 1. The molecule has 0 aliphatic rings. The van der Waals surface area contributed by atoms with E-state index < -0.39 is 0 Å². The van der Waals surface area contributed by atoms with Gasteiger partial charge in [0.2, 0.25) is 0 Å². The lowest BCUT2D eigenvalue weighted by Gasteiger charge is -2.02. The number of H-pyrrole nitrogens is 1. The van der Waals surface area contributed by atoms with Gasteiger partial charge in [0, 0.05) is 16.2 Å². The third-order valence-corrected chi connectivity index (χ3v) is 3.62. The highest BCUT2D eigenvalue weighted by atomic mass is 79.9. The van der Waals surface area contributed by atoms with Crippen LogP contribution in [0.4, 0.5) is 5.69 Å². The second-order valence-electron chi connectivity index (χ2n) is 4.63. The summed E-state index contributed by atoms with van der Waals surface area (Å²) in [6.07, 6.45) is 1.48. The van der Waals surface area contributed by atoms with Crippen molar-refractivity contribution in [3.8, 4) is 5.69 Å². The van der Waals surface area contributed by atoms with E-state index in [0.29, 0.717) is 11.3 Å². The first-order valence-electron chi connectivity index (χ1n) is 6.58.